The Bertz CT molecular complexity index is 776. The summed E-state index contributed by atoms with van der Waals surface area (Å²) in [5, 5.41) is 5.65. The molecule has 1 aromatic carbocycles. The molecule has 0 bridgehead atoms. The maximum absolute atomic E-state index is 12.3. The Hall–Kier alpha value is -1.56. The third kappa shape index (κ3) is 4.09. The van der Waals surface area contributed by atoms with Crippen LogP contribution >= 0.6 is 34.5 Å². The van der Waals surface area contributed by atoms with Crippen molar-refractivity contribution in [2.75, 3.05) is 11.9 Å². The smallest absolute Gasteiger partial charge is 0.224 e. The molecule has 2 amide bonds. The van der Waals surface area contributed by atoms with Gasteiger partial charge in [0.15, 0.2) is 0 Å². The lowest BCUT2D eigenvalue weighted by atomic mass is 10.1. The van der Waals surface area contributed by atoms with Gasteiger partial charge in [-0.1, -0.05) is 23.2 Å². The number of hydrogen-bond donors (Lipinski definition) is 1. The highest BCUT2D eigenvalue weighted by Crippen LogP contribution is 2.26. The zero-order chi connectivity index (χ0) is 17.1. The van der Waals surface area contributed by atoms with Crippen LogP contribution in [0, 0.1) is 0 Å². The van der Waals surface area contributed by atoms with Crippen molar-refractivity contribution in [3.63, 3.8) is 0 Å². The Morgan fingerprint density at radius 2 is 2.04 bits per heavy atom. The predicted molar refractivity (Wildman–Crippen MR) is 97.8 cm³/mol. The van der Waals surface area contributed by atoms with Crippen LogP contribution in [0.4, 0.5) is 5.69 Å². The van der Waals surface area contributed by atoms with Crippen LogP contribution in [-0.2, 0) is 22.6 Å². The molecule has 2 aromatic rings. The third-order valence-electron chi connectivity index (χ3n) is 3.93. The average molecular weight is 383 g/mol. The van der Waals surface area contributed by atoms with Gasteiger partial charge in [0.2, 0.25) is 11.8 Å². The Morgan fingerprint density at radius 1 is 1.21 bits per heavy atom. The first-order chi connectivity index (χ1) is 11.5. The van der Waals surface area contributed by atoms with Gasteiger partial charge in [0.1, 0.15) is 0 Å². The number of fused-ring (bicyclic) bond motifs is 1. The fourth-order valence-corrected chi connectivity index (χ4v) is 3.99. The fraction of sp³-hybridized carbons (Fsp3) is 0.294. The molecule has 24 heavy (non-hydrogen) atoms. The maximum Gasteiger partial charge on any atom is 0.224 e. The normalized spacial score (nSPS) is 13.5. The topological polar surface area (TPSA) is 49.4 Å². The second-order valence-electron chi connectivity index (χ2n) is 5.61. The minimum atomic E-state index is -0.235. The number of nitrogens with one attached hydrogen (secondary N) is 1. The summed E-state index contributed by atoms with van der Waals surface area (Å²) in [4.78, 5) is 27.5. The van der Waals surface area contributed by atoms with E-state index in [0.717, 1.165) is 13.0 Å². The molecule has 4 nitrogen and oxygen atoms in total. The Balaban J connectivity index is 1.50. The van der Waals surface area contributed by atoms with Crippen molar-refractivity contribution >= 4 is 52.0 Å². The number of anilines is 1. The molecule has 0 fully saturated rings. The van der Waals surface area contributed by atoms with Crippen molar-refractivity contribution in [2.45, 2.75) is 25.8 Å². The zero-order valence-corrected chi connectivity index (χ0v) is 15.2. The molecule has 0 radical (unpaired) electrons. The molecule has 1 aromatic heterocycles. The number of rotatable bonds is 4. The summed E-state index contributed by atoms with van der Waals surface area (Å²) in [5.74, 6) is -0.231. The highest BCUT2D eigenvalue weighted by Gasteiger charge is 2.21. The van der Waals surface area contributed by atoms with E-state index in [0.29, 0.717) is 22.3 Å². The minimum absolute atomic E-state index is 0.00389. The van der Waals surface area contributed by atoms with Gasteiger partial charge in [0, 0.05) is 35.8 Å². The van der Waals surface area contributed by atoms with Gasteiger partial charge in [-0.3, -0.25) is 9.59 Å². The second-order valence-corrected chi connectivity index (χ2v) is 7.45. The molecule has 7 heteroatoms. The SMILES string of the molecule is O=C(CCC(=O)N1CCc2sccc2C1)Nc1ccc(Cl)cc1Cl. The van der Waals surface area contributed by atoms with E-state index in [1.54, 1.807) is 29.5 Å². The van der Waals surface area contributed by atoms with Crippen molar-refractivity contribution in [1.29, 1.82) is 0 Å². The van der Waals surface area contributed by atoms with Gasteiger partial charge in [-0.15, -0.1) is 11.3 Å². The van der Waals surface area contributed by atoms with Gasteiger partial charge in [-0.2, -0.15) is 0 Å². The number of carbonyl (C=O) groups excluding carboxylic acids is 2. The lowest BCUT2D eigenvalue weighted by Crippen LogP contribution is -2.35. The molecule has 1 N–H and O–H groups in total. The number of amides is 2. The van der Waals surface area contributed by atoms with Gasteiger partial charge in [-0.05, 0) is 41.6 Å². The Morgan fingerprint density at radius 3 is 2.83 bits per heavy atom. The van der Waals surface area contributed by atoms with Gasteiger partial charge < -0.3 is 10.2 Å². The molecule has 0 spiro atoms. The molecule has 126 valence electrons. The fourth-order valence-electron chi connectivity index (χ4n) is 2.64. The largest absolute Gasteiger partial charge is 0.338 e. The summed E-state index contributed by atoms with van der Waals surface area (Å²) in [6, 6.07) is 6.93. The van der Waals surface area contributed by atoms with E-state index in [1.807, 2.05) is 4.90 Å². The van der Waals surface area contributed by atoms with Gasteiger partial charge >= 0.3 is 0 Å². The maximum atomic E-state index is 12.3. The summed E-state index contributed by atoms with van der Waals surface area (Å²) in [6.45, 7) is 1.36. The first kappa shape index (κ1) is 17.3. The van der Waals surface area contributed by atoms with Gasteiger partial charge in [0.05, 0.1) is 10.7 Å². The van der Waals surface area contributed by atoms with E-state index in [4.69, 9.17) is 23.2 Å². The lowest BCUT2D eigenvalue weighted by Gasteiger charge is -2.27. The van der Waals surface area contributed by atoms with Crippen LogP contribution < -0.4 is 5.32 Å². The van der Waals surface area contributed by atoms with E-state index in [1.165, 1.54) is 10.4 Å². The minimum Gasteiger partial charge on any atom is -0.338 e. The molecule has 1 aliphatic heterocycles. The standard InChI is InChI=1S/C17H16Cl2N2O2S/c18-12-1-2-14(13(19)9-12)20-16(22)3-4-17(23)21-7-5-15-11(10-21)6-8-24-15/h1-2,6,8-9H,3-5,7,10H2,(H,20,22). The number of carbonyl (C=O) groups is 2. The highest BCUT2D eigenvalue weighted by molar-refractivity contribution is 7.10. The Kier molecular flexibility index (Phi) is 5.43. The molecule has 1 aliphatic rings. The first-order valence-corrected chi connectivity index (χ1v) is 9.24. The molecule has 2 heterocycles. The molecular formula is C17H16Cl2N2O2S. The second kappa shape index (κ2) is 7.55. The summed E-state index contributed by atoms with van der Waals surface area (Å²) in [5.41, 5.74) is 1.72. The molecular weight excluding hydrogens is 367 g/mol. The van der Waals surface area contributed by atoms with Crippen LogP contribution in [0.25, 0.3) is 0 Å². The molecule has 3 rings (SSSR count). The molecule has 0 atom stereocenters. The summed E-state index contributed by atoms with van der Waals surface area (Å²) in [6.07, 6.45) is 1.21. The van der Waals surface area contributed by atoms with Crippen LogP contribution in [0.1, 0.15) is 23.3 Å². The van der Waals surface area contributed by atoms with Crippen LogP contribution in [0.15, 0.2) is 29.6 Å². The highest BCUT2D eigenvalue weighted by atomic mass is 35.5. The van der Waals surface area contributed by atoms with E-state index < -0.39 is 0 Å². The lowest BCUT2D eigenvalue weighted by molar-refractivity contribution is -0.133. The van der Waals surface area contributed by atoms with Crippen molar-refractivity contribution in [3.05, 3.63) is 50.1 Å². The van der Waals surface area contributed by atoms with E-state index >= 15 is 0 Å². The van der Waals surface area contributed by atoms with Gasteiger partial charge in [-0.25, -0.2) is 0 Å². The first-order valence-electron chi connectivity index (χ1n) is 7.61. The quantitative estimate of drug-likeness (QED) is 0.853. The average Bonchev–Trinajstić information content (AvgIpc) is 3.03. The number of thiophene rings is 1. The predicted octanol–water partition coefficient (Wildman–Crippen LogP) is 4.36. The summed E-state index contributed by atoms with van der Waals surface area (Å²) < 4.78 is 0. The van der Waals surface area contributed by atoms with Crippen LogP contribution in [0.2, 0.25) is 10.0 Å². The van der Waals surface area contributed by atoms with Crippen molar-refractivity contribution < 1.29 is 9.59 Å². The third-order valence-corrected chi connectivity index (χ3v) is 5.50. The molecule has 0 unspecified atom stereocenters. The van der Waals surface area contributed by atoms with Crippen molar-refractivity contribution in [1.82, 2.24) is 4.90 Å². The van der Waals surface area contributed by atoms with E-state index in [9.17, 15) is 9.59 Å². The number of halogens is 2. The van der Waals surface area contributed by atoms with Crippen LogP contribution in [0.3, 0.4) is 0 Å². The van der Waals surface area contributed by atoms with Crippen LogP contribution in [-0.4, -0.2) is 23.3 Å². The molecule has 0 saturated carbocycles. The number of nitrogens with zero attached hydrogens (tertiary/aromatic N) is 1. The molecule has 0 saturated heterocycles. The number of benzene rings is 1. The zero-order valence-electron chi connectivity index (χ0n) is 12.9. The van der Waals surface area contributed by atoms with Crippen molar-refractivity contribution in [3.8, 4) is 0 Å². The summed E-state index contributed by atoms with van der Waals surface area (Å²) >= 11 is 13.6. The molecule has 0 aliphatic carbocycles. The van der Waals surface area contributed by atoms with E-state index in [2.05, 4.69) is 16.8 Å². The van der Waals surface area contributed by atoms with Crippen LogP contribution in [0.5, 0.6) is 0 Å². The monoisotopic (exact) mass is 382 g/mol. The van der Waals surface area contributed by atoms with Gasteiger partial charge in [0.25, 0.3) is 0 Å². The number of hydrogen-bond acceptors (Lipinski definition) is 3. The Labute approximate surface area is 154 Å². The summed E-state index contributed by atoms with van der Waals surface area (Å²) in [7, 11) is 0. The van der Waals surface area contributed by atoms with E-state index in [-0.39, 0.29) is 24.7 Å². The van der Waals surface area contributed by atoms with Crippen molar-refractivity contribution in [2.24, 2.45) is 0 Å².